The van der Waals surface area contributed by atoms with E-state index in [2.05, 4.69) is 34.3 Å². The number of nitrogens with zero attached hydrogens (tertiary/aromatic N) is 4. The van der Waals surface area contributed by atoms with Crippen molar-refractivity contribution >= 4 is 23.5 Å². The number of nitrogens with one attached hydrogen (secondary N) is 1. The minimum absolute atomic E-state index is 0.0289. The van der Waals surface area contributed by atoms with Crippen molar-refractivity contribution in [1.29, 1.82) is 0 Å². The van der Waals surface area contributed by atoms with Crippen LogP contribution in [0.5, 0.6) is 5.75 Å². The van der Waals surface area contributed by atoms with Crippen molar-refractivity contribution < 1.29 is 9.53 Å². The monoisotopic (exact) mass is 423 g/mol. The molecule has 1 atom stereocenters. The van der Waals surface area contributed by atoms with Crippen molar-refractivity contribution in [3.63, 3.8) is 0 Å². The fourth-order valence-corrected chi connectivity index (χ4v) is 4.74. The number of rotatable bonds is 5. The molecule has 1 N–H and O–H groups in total. The van der Waals surface area contributed by atoms with Crippen molar-refractivity contribution in [3.8, 4) is 11.7 Å². The third-order valence-electron chi connectivity index (χ3n) is 4.82. The summed E-state index contributed by atoms with van der Waals surface area (Å²) in [5.41, 5.74) is 4.64. The van der Waals surface area contributed by atoms with Crippen LogP contribution in [0.25, 0.3) is 5.95 Å². The molecule has 0 saturated heterocycles. The zero-order chi connectivity index (χ0) is 21.3. The highest BCUT2D eigenvalue weighted by Gasteiger charge is 2.31. The Kier molecular flexibility index (Phi) is 5.76. The third kappa shape index (κ3) is 4.05. The summed E-state index contributed by atoms with van der Waals surface area (Å²) in [4.78, 5) is 21.6. The van der Waals surface area contributed by atoms with Crippen LogP contribution in [-0.4, -0.2) is 38.0 Å². The van der Waals surface area contributed by atoms with Crippen LogP contribution < -0.4 is 10.1 Å². The van der Waals surface area contributed by atoms with Crippen molar-refractivity contribution in [2.45, 2.75) is 39.4 Å². The van der Waals surface area contributed by atoms with Gasteiger partial charge in [0.15, 0.2) is 0 Å². The summed E-state index contributed by atoms with van der Waals surface area (Å²) in [6.45, 7) is 8.59. The van der Waals surface area contributed by atoms with E-state index >= 15 is 0 Å². The van der Waals surface area contributed by atoms with E-state index in [-0.39, 0.29) is 11.2 Å². The van der Waals surface area contributed by atoms with Crippen LogP contribution in [0.3, 0.4) is 0 Å². The smallest absolute Gasteiger partial charge is 0.252 e. The Hall–Kier alpha value is -2.87. The van der Waals surface area contributed by atoms with E-state index in [1.165, 1.54) is 0 Å². The number of carbonyl (C=O) groups excluding carboxylic acids is 1. The Morgan fingerprint density at radius 1 is 1.17 bits per heavy atom. The van der Waals surface area contributed by atoms with Crippen LogP contribution in [0, 0.1) is 20.8 Å². The first-order valence-electron chi connectivity index (χ1n) is 10.0. The van der Waals surface area contributed by atoms with Gasteiger partial charge in [0.1, 0.15) is 11.6 Å². The highest BCUT2D eigenvalue weighted by molar-refractivity contribution is 8.00. The van der Waals surface area contributed by atoms with Gasteiger partial charge in [0.05, 0.1) is 23.3 Å². The molecule has 0 radical (unpaired) electrons. The number of aryl methyl sites for hydroxylation is 3. The van der Waals surface area contributed by atoms with E-state index in [0.29, 0.717) is 24.1 Å². The number of hydrogen-bond donors (Lipinski definition) is 1. The number of fused-ring (bicyclic) bond motifs is 1. The second kappa shape index (κ2) is 8.47. The molecular formula is C22H25N5O2S. The van der Waals surface area contributed by atoms with Gasteiger partial charge in [-0.25, -0.2) is 9.97 Å². The molecule has 0 saturated carbocycles. The first-order chi connectivity index (χ1) is 14.5. The molecule has 7 nitrogen and oxygen atoms in total. The number of anilines is 1. The second-order valence-corrected chi connectivity index (χ2v) is 8.46. The number of amides is 1. The molecule has 8 heteroatoms. The minimum Gasteiger partial charge on any atom is -0.494 e. The first kappa shape index (κ1) is 20.4. The fourth-order valence-electron chi connectivity index (χ4n) is 3.55. The Balaban J connectivity index is 1.78. The minimum atomic E-state index is -0.0582. The average Bonchev–Trinajstić information content (AvgIpc) is 2.92. The van der Waals surface area contributed by atoms with Gasteiger partial charge in [-0.3, -0.25) is 4.79 Å². The number of hydrogen-bond acceptors (Lipinski definition) is 6. The summed E-state index contributed by atoms with van der Waals surface area (Å²) >= 11 is 1.59. The molecule has 1 aromatic carbocycles. The topological polar surface area (TPSA) is 81.9 Å². The van der Waals surface area contributed by atoms with Crippen LogP contribution in [0.2, 0.25) is 0 Å². The molecule has 0 unspecified atom stereocenters. The standard InChI is InChI=1S/C22H25N5O2S/c1-5-10-29-17-8-6-16(7-9-17)20-19-15(4)26-27(21(19)25-18(28)12-30-20)22-23-13(2)11-14(3)24-22/h6-9,11,20H,5,10,12H2,1-4H3,(H,25,28)/t20-/m1/s1. The van der Waals surface area contributed by atoms with Gasteiger partial charge in [-0.2, -0.15) is 9.78 Å². The largest absolute Gasteiger partial charge is 0.494 e. The van der Waals surface area contributed by atoms with Crippen LogP contribution >= 0.6 is 11.8 Å². The molecule has 0 spiro atoms. The molecule has 30 heavy (non-hydrogen) atoms. The number of ether oxygens (including phenoxy) is 1. The van der Waals surface area contributed by atoms with Gasteiger partial charge in [-0.15, -0.1) is 11.8 Å². The molecule has 0 aliphatic carbocycles. The molecule has 4 rings (SSSR count). The second-order valence-electron chi connectivity index (χ2n) is 7.37. The van der Waals surface area contributed by atoms with Crippen LogP contribution in [-0.2, 0) is 4.79 Å². The highest BCUT2D eigenvalue weighted by atomic mass is 32.2. The summed E-state index contributed by atoms with van der Waals surface area (Å²) in [5, 5.41) is 7.69. The lowest BCUT2D eigenvalue weighted by Crippen LogP contribution is -2.17. The molecule has 1 aliphatic rings. The molecule has 3 heterocycles. The molecule has 3 aromatic rings. The van der Waals surface area contributed by atoms with Gasteiger partial charge in [-0.05, 0) is 51.0 Å². The number of aromatic nitrogens is 4. The lowest BCUT2D eigenvalue weighted by atomic mass is 10.0. The third-order valence-corrected chi connectivity index (χ3v) is 6.09. The summed E-state index contributed by atoms with van der Waals surface area (Å²) in [7, 11) is 0. The number of benzene rings is 1. The van der Waals surface area contributed by atoms with Crippen LogP contribution in [0.4, 0.5) is 5.82 Å². The number of thioether (sulfide) groups is 1. The predicted octanol–water partition coefficient (Wildman–Crippen LogP) is 4.15. The van der Waals surface area contributed by atoms with Gasteiger partial charge in [0, 0.05) is 17.0 Å². The fraction of sp³-hybridized carbons (Fsp3) is 0.364. The van der Waals surface area contributed by atoms with Gasteiger partial charge in [-0.1, -0.05) is 19.1 Å². The molecule has 1 amide bonds. The summed E-state index contributed by atoms with van der Waals surface area (Å²) in [6, 6.07) is 10.0. The molecule has 1 aliphatic heterocycles. The van der Waals surface area contributed by atoms with E-state index in [4.69, 9.17) is 9.84 Å². The zero-order valence-electron chi connectivity index (χ0n) is 17.6. The Morgan fingerprint density at radius 2 is 1.87 bits per heavy atom. The molecular weight excluding hydrogens is 398 g/mol. The molecule has 156 valence electrons. The van der Waals surface area contributed by atoms with E-state index < -0.39 is 0 Å². The summed E-state index contributed by atoms with van der Waals surface area (Å²) in [6.07, 6.45) is 0.969. The average molecular weight is 424 g/mol. The highest BCUT2D eigenvalue weighted by Crippen LogP contribution is 2.43. The summed E-state index contributed by atoms with van der Waals surface area (Å²) < 4.78 is 7.36. The van der Waals surface area contributed by atoms with Crippen molar-refractivity contribution in [3.05, 3.63) is 58.5 Å². The van der Waals surface area contributed by atoms with E-state index in [9.17, 15) is 4.79 Å². The molecule has 0 bridgehead atoms. The first-order valence-corrected chi connectivity index (χ1v) is 11.1. The van der Waals surface area contributed by atoms with Gasteiger partial charge < -0.3 is 10.1 Å². The van der Waals surface area contributed by atoms with Gasteiger partial charge in [0.25, 0.3) is 5.95 Å². The van der Waals surface area contributed by atoms with E-state index in [1.54, 1.807) is 16.4 Å². The van der Waals surface area contributed by atoms with E-state index in [1.807, 2.05) is 39.0 Å². The predicted molar refractivity (Wildman–Crippen MR) is 119 cm³/mol. The Morgan fingerprint density at radius 3 is 2.53 bits per heavy atom. The quantitative estimate of drug-likeness (QED) is 0.664. The molecule has 2 aromatic heterocycles. The van der Waals surface area contributed by atoms with Crippen molar-refractivity contribution in [2.24, 2.45) is 0 Å². The van der Waals surface area contributed by atoms with Crippen LogP contribution in [0.1, 0.15) is 46.8 Å². The number of carbonyl (C=O) groups is 1. The van der Waals surface area contributed by atoms with Gasteiger partial charge >= 0.3 is 0 Å². The Bertz CT molecular complexity index is 1060. The lowest BCUT2D eigenvalue weighted by molar-refractivity contribution is -0.113. The maximum absolute atomic E-state index is 12.5. The SMILES string of the molecule is CCCOc1ccc([C@H]2SCC(=O)Nc3c2c(C)nn3-c2nc(C)cc(C)n2)cc1. The summed E-state index contributed by atoms with van der Waals surface area (Å²) in [5.74, 6) is 2.26. The van der Waals surface area contributed by atoms with Crippen molar-refractivity contribution in [2.75, 3.05) is 17.7 Å². The van der Waals surface area contributed by atoms with Gasteiger partial charge in [0.2, 0.25) is 5.91 Å². The van der Waals surface area contributed by atoms with E-state index in [0.717, 1.165) is 40.4 Å². The maximum Gasteiger partial charge on any atom is 0.252 e. The Labute approximate surface area is 180 Å². The normalized spacial score (nSPS) is 16.0. The van der Waals surface area contributed by atoms with Crippen molar-refractivity contribution in [1.82, 2.24) is 19.7 Å². The zero-order valence-corrected chi connectivity index (χ0v) is 18.4. The lowest BCUT2D eigenvalue weighted by Gasteiger charge is -2.16. The molecule has 0 fully saturated rings. The maximum atomic E-state index is 12.5. The van der Waals surface area contributed by atoms with Crippen LogP contribution in [0.15, 0.2) is 30.3 Å².